The SMILES string of the molecule is CCCC(CCC)Cn1ccc(SC)nc1=N. The number of thioether (sulfide) groups is 1. The number of hydrogen-bond donors (Lipinski definition) is 1. The third-order valence-electron chi connectivity index (χ3n) is 2.94. The van der Waals surface area contributed by atoms with Gasteiger partial charge in [0.25, 0.3) is 0 Å². The highest BCUT2D eigenvalue weighted by molar-refractivity contribution is 7.98. The van der Waals surface area contributed by atoms with Gasteiger partial charge in [-0.25, -0.2) is 4.98 Å². The van der Waals surface area contributed by atoms with Crippen LogP contribution in [0.3, 0.4) is 0 Å². The van der Waals surface area contributed by atoms with E-state index in [9.17, 15) is 0 Å². The molecule has 0 unspecified atom stereocenters. The van der Waals surface area contributed by atoms with Crippen molar-refractivity contribution < 1.29 is 0 Å². The molecule has 0 atom stereocenters. The van der Waals surface area contributed by atoms with Crippen molar-refractivity contribution in [3.8, 4) is 0 Å². The second-order valence-corrected chi connectivity index (χ2v) is 5.22. The zero-order chi connectivity index (χ0) is 12.7. The first kappa shape index (κ1) is 14.3. The van der Waals surface area contributed by atoms with Gasteiger partial charge >= 0.3 is 0 Å². The number of rotatable bonds is 7. The van der Waals surface area contributed by atoms with Crippen LogP contribution in [0.4, 0.5) is 0 Å². The maximum atomic E-state index is 7.91. The van der Waals surface area contributed by atoms with Crippen LogP contribution in [0.25, 0.3) is 0 Å². The molecule has 0 amide bonds. The molecule has 0 fully saturated rings. The minimum Gasteiger partial charge on any atom is -0.317 e. The Hall–Kier alpha value is -0.770. The van der Waals surface area contributed by atoms with E-state index in [2.05, 4.69) is 18.8 Å². The van der Waals surface area contributed by atoms with Crippen LogP contribution in [-0.2, 0) is 6.54 Å². The van der Waals surface area contributed by atoms with Crippen LogP contribution >= 0.6 is 11.8 Å². The van der Waals surface area contributed by atoms with E-state index >= 15 is 0 Å². The van der Waals surface area contributed by atoms with Crippen molar-refractivity contribution in [1.29, 1.82) is 5.41 Å². The largest absolute Gasteiger partial charge is 0.317 e. The molecule has 1 aromatic heterocycles. The van der Waals surface area contributed by atoms with Crippen LogP contribution in [-0.4, -0.2) is 15.8 Å². The molecule has 0 bridgehead atoms. The van der Waals surface area contributed by atoms with Crippen molar-refractivity contribution in [2.24, 2.45) is 5.92 Å². The first-order valence-electron chi connectivity index (χ1n) is 6.37. The lowest BCUT2D eigenvalue weighted by Crippen LogP contribution is -2.26. The highest BCUT2D eigenvalue weighted by Gasteiger charge is 2.08. The molecule has 0 aromatic carbocycles. The van der Waals surface area contributed by atoms with Crippen LogP contribution in [0, 0.1) is 11.3 Å². The summed E-state index contributed by atoms with van der Waals surface area (Å²) in [6.07, 6.45) is 8.90. The Labute approximate surface area is 108 Å². The summed E-state index contributed by atoms with van der Waals surface area (Å²) in [5.74, 6) is 0.682. The Morgan fingerprint density at radius 2 is 2.00 bits per heavy atom. The highest BCUT2D eigenvalue weighted by Crippen LogP contribution is 2.15. The summed E-state index contributed by atoms with van der Waals surface area (Å²) in [5.41, 5.74) is 0.383. The van der Waals surface area contributed by atoms with Crippen LogP contribution < -0.4 is 5.62 Å². The van der Waals surface area contributed by atoms with Crippen molar-refractivity contribution >= 4 is 11.8 Å². The van der Waals surface area contributed by atoms with E-state index in [-0.39, 0.29) is 0 Å². The molecular weight excluding hydrogens is 230 g/mol. The molecule has 1 heterocycles. The summed E-state index contributed by atoms with van der Waals surface area (Å²) in [6, 6.07) is 2.00. The number of nitrogens with one attached hydrogen (secondary N) is 1. The zero-order valence-corrected chi connectivity index (χ0v) is 11.9. The molecule has 0 spiro atoms. The van der Waals surface area contributed by atoms with Gasteiger partial charge in [0.1, 0.15) is 5.03 Å². The average Bonchev–Trinajstić information content (AvgIpc) is 2.32. The topological polar surface area (TPSA) is 41.7 Å². The predicted octanol–water partition coefficient (Wildman–Crippen LogP) is 3.30. The van der Waals surface area contributed by atoms with E-state index < -0.39 is 0 Å². The van der Waals surface area contributed by atoms with Crippen LogP contribution in [0.1, 0.15) is 39.5 Å². The van der Waals surface area contributed by atoms with Gasteiger partial charge in [0.2, 0.25) is 5.62 Å². The molecule has 0 aliphatic heterocycles. The van der Waals surface area contributed by atoms with Gasteiger partial charge in [-0.15, -0.1) is 11.8 Å². The molecule has 4 heteroatoms. The third kappa shape index (κ3) is 4.54. The van der Waals surface area contributed by atoms with E-state index in [4.69, 9.17) is 5.41 Å². The molecule has 1 rings (SSSR count). The van der Waals surface area contributed by atoms with E-state index in [1.54, 1.807) is 11.8 Å². The molecule has 17 heavy (non-hydrogen) atoms. The summed E-state index contributed by atoms with van der Waals surface area (Å²) in [5, 5.41) is 8.84. The van der Waals surface area contributed by atoms with Gasteiger partial charge in [0.15, 0.2) is 0 Å². The van der Waals surface area contributed by atoms with Gasteiger partial charge < -0.3 is 4.57 Å². The molecule has 0 aliphatic carbocycles. The van der Waals surface area contributed by atoms with Gasteiger partial charge in [-0.2, -0.15) is 0 Å². The minimum absolute atomic E-state index is 0.383. The van der Waals surface area contributed by atoms with E-state index in [0.29, 0.717) is 11.5 Å². The predicted molar refractivity (Wildman–Crippen MR) is 73.2 cm³/mol. The maximum Gasteiger partial charge on any atom is 0.222 e. The molecular formula is C13H23N3S. The summed E-state index contributed by atoms with van der Waals surface area (Å²) < 4.78 is 1.97. The lowest BCUT2D eigenvalue weighted by atomic mass is 9.98. The van der Waals surface area contributed by atoms with Gasteiger partial charge in [0, 0.05) is 12.7 Å². The van der Waals surface area contributed by atoms with Gasteiger partial charge in [-0.1, -0.05) is 26.7 Å². The Kier molecular flexibility index (Phi) is 6.34. The quantitative estimate of drug-likeness (QED) is 0.598. The Bertz CT molecular complexity index is 380. The highest BCUT2D eigenvalue weighted by atomic mass is 32.2. The fourth-order valence-electron chi connectivity index (χ4n) is 2.11. The van der Waals surface area contributed by atoms with Crippen molar-refractivity contribution in [3.63, 3.8) is 0 Å². The van der Waals surface area contributed by atoms with Crippen LogP contribution in [0.5, 0.6) is 0 Å². The number of nitrogens with zero attached hydrogens (tertiary/aromatic N) is 2. The first-order valence-corrected chi connectivity index (χ1v) is 7.59. The molecule has 0 saturated carbocycles. The van der Waals surface area contributed by atoms with Crippen LogP contribution in [0.15, 0.2) is 17.3 Å². The van der Waals surface area contributed by atoms with Gasteiger partial charge in [-0.3, -0.25) is 5.41 Å². The van der Waals surface area contributed by atoms with E-state index in [1.807, 2.05) is 23.1 Å². The summed E-state index contributed by atoms with van der Waals surface area (Å²) in [6.45, 7) is 5.39. The molecule has 0 radical (unpaired) electrons. The fraction of sp³-hybridized carbons (Fsp3) is 0.692. The Morgan fingerprint density at radius 1 is 1.35 bits per heavy atom. The molecule has 1 N–H and O–H groups in total. The average molecular weight is 253 g/mol. The first-order chi connectivity index (χ1) is 8.21. The van der Waals surface area contributed by atoms with Gasteiger partial charge in [0.05, 0.1) is 0 Å². The number of aromatic nitrogens is 2. The molecule has 3 nitrogen and oxygen atoms in total. The maximum absolute atomic E-state index is 7.91. The summed E-state index contributed by atoms with van der Waals surface area (Å²) in [7, 11) is 0. The fourth-order valence-corrected chi connectivity index (χ4v) is 2.49. The molecule has 1 aromatic rings. The monoisotopic (exact) mass is 253 g/mol. The van der Waals surface area contributed by atoms with Crippen molar-refractivity contribution in [2.45, 2.75) is 51.1 Å². The molecule has 0 saturated heterocycles. The smallest absolute Gasteiger partial charge is 0.222 e. The van der Waals surface area contributed by atoms with Crippen molar-refractivity contribution in [1.82, 2.24) is 9.55 Å². The minimum atomic E-state index is 0.383. The lowest BCUT2D eigenvalue weighted by Gasteiger charge is -2.17. The Balaban J connectivity index is 2.75. The molecule has 96 valence electrons. The standard InChI is InChI=1S/C13H23N3S/c1-4-6-11(7-5-2)10-16-9-8-12(17-3)15-13(16)14/h8-9,11,14H,4-7,10H2,1-3H3. The molecule has 0 aliphatic rings. The number of hydrogen-bond acceptors (Lipinski definition) is 3. The normalized spacial score (nSPS) is 11.1. The Morgan fingerprint density at radius 3 is 2.47 bits per heavy atom. The van der Waals surface area contributed by atoms with Crippen molar-refractivity contribution in [2.75, 3.05) is 6.26 Å². The summed E-state index contributed by atoms with van der Waals surface area (Å²) >= 11 is 1.59. The third-order valence-corrected chi connectivity index (χ3v) is 3.59. The summed E-state index contributed by atoms with van der Waals surface area (Å²) in [4.78, 5) is 4.26. The van der Waals surface area contributed by atoms with Crippen molar-refractivity contribution in [3.05, 3.63) is 17.9 Å². The second kappa shape index (κ2) is 7.54. The second-order valence-electron chi connectivity index (χ2n) is 4.39. The lowest BCUT2D eigenvalue weighted by molar-refractivity contribution is 0.369. The van der Waals surface area contributed by atoms with Gasteiger partial charge in [-0.05, 0) is 31.1 Å². The van der Waals surface area contributed by atoms with E-state index in [1.165, 1.54) is 25.7 Å². The van der Waals surface area contributed by atoms with E-state index in [0.717, 1.165) is 11.6 Å². The van der Waals surface area contributed by atoms with Crippen LogP contribution in [0.2, 0.25) is 0 Å². The zero-order valence-electron chi connectivity index (χ0n) is 11.1.